The third-order valence-corrected chi connectivity index (χ3v) is 3.24. The molecule has 1 aliphatic rings. The van der Waals surface area contributed by atoms with Crippen molar-refractivity contribution in [3.05, 3.63) is 65.2 Å². The summed E-state index contributed by atoms with van der Waals surface area (Å²) in [5, 5.41) is 10.2. The fourth-order valence-corrected chi connectivity index (χ4v) is 2.27. The molecule has 0 saturated heterocycles. The molecule has 0 spiro atoms. The lowest BCUT2D eigenvalue weighted by Crippen LogP contribution is -2.27. The van der Waals surface area contributed by atoms with Gasteiger partial charge in [-0.1, -0.05) is 18.2 Å². The van der Waals surface area contributed by atoms with Gasteiger partial charge in [-0.3, -0.25) is 14.5 Å². The second kappa shape index (κ2) is 4.33. The minimum absolute atomic E-state index is 0.234. The van der Waals surface area contributed by atoms with Gasteiger partial charge in [0, 0.05) is 22.4 Å². The van der Waals surface area contributed by atoms with Crippen molar-refractivity contribution in [2.75, 3.05) is 4.90 Å². The van der Waals surface area contributed by atoms with E-state index in [-0.39, 0.29) is 5.91 Å². The minimum atomic E-state index is -0.981. The number of rotatable bonds is 2. The Morgan fingerprint density at radius 2 is 1.74 bits per heavy atom. The van der Waals surface area contributed by atoms with E-state index in [0.717, 1.165) is 6.29 Å². The lowest BCUT2D eigenvalue weighted by Gasteiger charge is -2.20. The van der Waals surface area contributed by atoms with Gasteiger partial charge in [-0.25, -0.2) is 0 Å². The average molecular weight is 253 g/mol. The fraction of sp³-hybridized carbons (Fsp3) is 0.0667. The van der Waals surface area contributed by atoms with Gasteiger partial charge in [-0.05, 0) is 30.3 Å². The number of nitrogens with zero attached hydrogens (tertiary/aromatic N) is 1. The Morgan fingerprint density at radius 3 is 2.37 bits per heavy atom. The number of amides is 1. The van der Waals surface area contributed by atoms with Crippen LogP contribution in [0.1, 0.15) is 32.5 Å². The SMILES string of the molecule is O=Cc1ccc(N2C(=O)c3ccccc3C2O)cc1. The van der Waals surface area contributed by atoms with Crippen LogP contribution in [-0.2, 0) is 0 Å². The van der Waals surface area contributed by atoms with Crippen molar-refractivity contribution in [2.45, 2.75) is 6.23 Å². The van der Waals surface area contributed by atoms with Crippen LogP contribution in [0.25, 0.3) is 0 Å². The van der Waals surface area contributed by atoms with Gasteiger partial charge < -0.3 is 5.11 Å². The first-order valence-corrected chi connectivity index (χ1v) is 5.88. The molecule has 0 aromatic heterocycles. The van der Waals surface area contributed by atoms with E-state index in [2.05, 4.69) is 0 Å². The van der Waals surface area contributed by atoms with Crippen molar-refractivity contribution in [3.63, 3.8) is 0 Å². The van der Waals surface area contributed by atoms with Gasteiger partial charge in [-0.2, -0.15) is 0 Å². The second-order valence-corrected chi connectivity index (χ2v) is 4.35. The van der Waals surface area contributed by atoms with Gasteiger partial charge in [0.1, 0.15) is 6.29 Å². The Labute approximate surface area is 109 Å². The second-order valence-electron chi connectivity index (χ2n) is 4.35. The minimum Gasteiger partial charge on any atom is -0.369 e. The molecule has 2 aromatic carbocycles. The van der Waals surface area contributed by atoms with Crippen LogP contribution in [-0.4, -0.2) is 17.3 Å². The first-order chi connectivity index (χ1) is 9.22. The predicted octanol–water partition coefficient (Wildman–Crippen LogP) is 2.15. The van der Waals surface area contributed by atoms with Crippen LogP contribution < -0.4 is 4.90 Å². The topological polar surface area (TPSA) is 57.6 Å². The number of hydrogen-bond acceptors (Lipinski definition) is 3. The molecule has 2 aromatic rings. The first kappa shape index (κ1) is 11.6. The summed E-state index contributed by atoms with van der Waals surface area (Å²) in [5.41, 5.74) is 2.21. The maximum absolute atomic E-state index is 12.3. The molecule has 1 N–H and O–H groups in total. The van der Waals surface area contributed by atoms with Gasteiger partial charge in [0.05, 0.1) is 0 Å². The zero-order valence-electron chi connectivity index (χ0n) is 9.98. The van der Waals surface area contributed by atoms with Crippen molar-refractivity contribution in [1.29, 1.82) is 0 Å². The number of hydrogen-bond donors (Lipinski definition) is 1. The summed E-state index contributed by atoms with van der Waals surface area (Å²) >= 11 is 0. The highest BCUT2D eigenvalue weighted by Crippen LogP contribution is 2.35. The van der Waals surface area contributed by atoms with E-state index in [4.69, 9.17) is 0 Å². The summed E-state index contributed by atoms with van der Waals surface area (Å²) in [7, 11) is 0. The maximum atomic E-state index is 12.3. The molecule has 1 unspecified atom stereocenters. The van der Waals surface area contributed by atoms with Gasteiger partial charge >= 0.3 is 0 Å². The van der Waals surface area contributed by atoms with E-state index in [1.165, 1.54) is 4.90 Å². The standard InChI is InChI=1S/C15H11NO3/c17-9-10-5-7-11(8-6-10)16-14(18)12-3-1-2-4-13(12)15(16)19/h1-9,14,18H. The fourth-order valence-electron chi connectivity index (χ4n) is 2.27. The number of aliphatic hydroxyl groups excluding tert-OH is 1. The van der Waals surface area contributed by atoms with E-state index < -0.39 is 6.23 Å². The molecule has 0 aliphatic carbocycles. The van der Waals surface area contributed by atoms with Gasteiger partial charge in [-0.15, -0.1) is 0 Å². The molecule has 4 nitrogen and oxygen atoms in total. The number of aldehydes is 1. The van der Waals surface area contributed by atoms with Crippen LogP contribution in [0.4, 0.5) is 5.69 Å². The normalized spacial score (nSPS) is 17.4. The summed E-state index contributed by atoms with van der Waals surface area (Å²) in [5.74, 6) is -0.234. The molecule has 1 heterocycles. The average Bonchev–Trinajstić information content (AvgIpc) is 2.72. The van der Waals surface area contributed by atoms with Crippen molar-refractivity contribution in [3.8, 4) is 0 Å². The zero-order chi connectivity index (χ0) is 13.4. The molecule has 0 radical (unpaired) electrons. The van der Waals surface area contributed by atoms with Crippen LogP contribution >= 0.6 is 0 Å². The van der Waals surface area contributed by atoms with E-state index in [0.29, 0.717) is 22.4 Å². The lowest BCUT2D eigenvalue weighted by atomic mass is 10.1. The van der Waals surface area contributed by atoms with Gasteiger partial charge in [0.15, 0.2) is 6.23 Å². The Kier molecular flexibility index (Phi) is 2.65. The van der Waals surface area contributed by atoms with Crippen LogP contribution in [0, 0.1) is 0 Å². The highest BCUT2D eigenvalue weighted by Gasteiger charge is 2.35. The van der Waals surface area contributed by atoms with E-state index in [1.54, 1.807) is 48.5 Å². The monoisotopic (exact) mass is 253 g/mol. The lowest BCUT2D eigenvalue weighted by molar-refractivity contribution is 0.0935. The predicted molar refractivity (Wildman–Crippen MR) is 70.0 cm³/mol. The Hall–Kier alpha value is -2.46. The molecule has 1 aliphatic heterocycles. The van der Waals surface area contributed by atoms with Crippen molar-refractivity contribution in [2.24, 2.45) is 0 Å². The van der Waals surface area contributed by atoms with Crippen LogP contribution in [0.3, 0.4) is 0 Å². The molecule has 4 heteroatoms. The molecular weight excluding hydrogens is 242 g/mol. The van der Waals surface area contributed by atoms with E-state index in [9.17, 15) is 14.7 Å². The molecule has 0 bridgehead atoms. The van der Waals surface area contributed by atoms with Gasteiger partial charge in [0.2, 0.25) is 0 Å². The molecule has 1 atom stereocenters. The molecule has 1 amide bonds. The maximum Gasteiger partial charge on any atom is 0.261 e. The number of carbonyl (C=O) groups excluding carboxylic acids is 2. The van der Waals surface area contributed by atoms with Crippen LogP contribution in [0.5, 0.6) is 0 Å². The largest absolute Gasteiger partial charge is 0.369 e. The molecule has 0 fully saturated rings. The molecule has 0 saturated carbocycles. The highest BCUT2D eigenvalue weighted by molar-refractivity contribution is 6.10. The third-order valence-electron chi connectivity index (χ3n) is 3.24. The Bertz CT molecular complexity index is 649. The smallest absolute Gasteiger partial charge is 0.261 e. The number of anilines is 1. The van der Waals surface area contributed by atoms with Crippen LogP contribution in [0.2, 0.25) is 0 Å². The van der Waals surface area contributed by atoms with E-state index in [1.807, 2.05) is 0 Å². The molecular formula is C15H11NO3. The zero-order valence-corrected chi connectivity index (χ0v) is 9.98. The summed E-state index contributed by atoms with van der Waals surface area (Å²) < 4.78 is 0. The molecule has 3 rings (SSSR count). The Morgan fingerprint density at radius 1 is 1.05 bits per heavy atom. The summed E-state index contributed by atoms with van der Waals surface area (Å²) in [6.07, 6.45) is -0.244. The van der Waals surface area contributed by atoms with Crippen molar-refractivity contribution < 1.29 is 14.7 Å². The number of fused-ring (bicyclic) bond motifs is 1. The Balaban J connectivity index is 2.03. The van der Waals surface area contributed by atoms with E-state index >= 15 is 0 Å². The number of carbonyl (C=O) groups is 2. The summed E-state index contributed by atoms with van der Waals surface area (Å²) in [6.45, 7) is 0. The molecule has 19 heavy (non-hydrogen) atoms. The van der Waals surface area contributed by atoms with Crippen molar-refractivity contribution in [1.82, 2.24) is 0 Å². The quantitative estimate of drug-likeness (QED) is 0.834. The summed E-state index contributed by atoms with van der Waals surface area (Å²) in [4.78, 5) is 24.2. The highest BCUT2D eigenvalue weighted by atomic mass is 16.3. The summed E-state index contributed by atoms with van der Waals surface area (Å²) in [6, 6.07) is 13.5. The van der Waals surface area contributed by atoms with Crippen LogP contribution in [0.15, 0.2) is 48.5 Å². The first-order valence-electron chi connectivity index (χ1n) is 5.88. The number of aliphatic hydroxyl groups is 1. The molecule has 94 valence electrons. The number of benzene rings is 2. The van der Waals surface area contributed by atoms with Gasteiger partial charge in [0.25, 0.3) is 5.91 Å². The third kappa shape index (κ3) is 1.73. The van der Waals surface area contributed by atoms with Crippen molar-refractivity contribution >= 4 is 17.9 Å².